The van der Waals surface area contributed by atoms with E-state index in [1.54, 1.807) is 0 Å². The van der Waals surface area contributed by atoms with Crippen LogP contribution in [0.4, 0.5) is 10.1 Å². The lowest BCUT2D eigenvalue weighted by atomic mass is 10.3. The molecule has 1 amide bonds. The van der Waals surface area contributed by atoms with Crippen molar-refractivity contribution in [3.05, 3.63) is 65.2 Å². The van der Waals surface area contributed by atoms with Gasteiger partial charge >= 0.3 is 0 Å². The molecule has 0 bridgehead atoms. The molecule has 0 saturated heterocycles. The second-order valence-corrected chi connectivity index (χ2v) is 7.47. The van der Waals surface area contributed by atoms with Gasteiger partial charge in [-0.15, -0.1) is 10.2 Å². The zero-order chi connectivity index (χ0) is 20.8. The van der Waals surface area contributed by atoms with E-state index in [-0.39, 0.29) is 16.7 Å². The largest absolute Gasteiger partial charge is 0.481 e. The Bertz CT molecular complexity index is 984. The average molecular weight is 435 g/mol. The molecular weight excluding hydrogens is 415 g/mol. The lowest BCUT2D eigenvalue weighted by Crippen LogP contribution is -2.15. The average Bonchev–Trinajstić information content (AvgIpc) is 3.12. The van der Waals surface area contributed by atoms with Gasteiger partial charge in [-0.3, -0.25) is 4.79 Å². The first-order valence-corrected chi connectivity index (χ1v) is 10.4. The highest BCUT2D eigenvalue weighted by Gasteiger charge is 2.20. The number of hydrogen-bond acceptors (Lipinski definition) is 5. The Morgan fingerprint density at radius 1 is 1.28 bits per heavy atom. The van der Waals surface area contributed by atoms with Crippen LogP contribution in [0.25, 0.3) is 0 Å². The number of hydrogen-bond donors (Lipinski definition) is 1. The fraction of sp³-hybridized carbons (Fsp3) is 0.250. The minimum absolute atomic E-state index is 0.129. The monoisotopic (exact) mass is 434 g/mol. The number of aromatic nitrogens is 3. The van der Waals surface area contributed by atoms with Crippen molar-refractivity contribution in [2.75, 3.05) is 11.1 Å². The lowest BCUT2D eigenvalue weighted by Gasteiger charge is -2.16. The number of ether oxygens (including phenoxy) is 1. The molecule has 0 spiro atoms. The Balaban J connectivity index is 1.65. The molecule has 0 radical (unpaired) electrons. The third-order valence-corrected chi connectivity index (χ3v) is 5.28. The van der Waals surface area contributed by atoms with Gasteiger partial charge in [0.05, 0.1) is 10.8 Å². The van der Waals surface area contributed by atoms with Crippen LogP contribution in [-0.2, 0) is 11.3 Å². The molecule has 0 fully saturated rings. The number of rotatable bonds is 8. The van der Waals surface area contributed by atoms with E-state index in [0.29, 0.717) is 23.3 Å². The first-order chi connectivity index (χ1) is 14.0. The van der Waals surface area contributed by atoms with Crippen LogP contribution >= 0.6 is 23.4 Å². The van der Waals surface area contributed by atoms with E-state index in [9.17, 15) is 9.18 Å². The maximum atomic E-state index is 13.2. The summed E-state index contributed by atoms with van der Waals surface area (Å²) in [6, 6.07) is 13.2. The summed E-state index contributed by atoms with van der Waals surface area (Å²) in [5.41, 5.74) is 0.744. The molecule has 2 aromatic carbocycles. The van der Waals surface area contributed by atoms with Crippen molar-refractivity contribution in [1.82, 2.24) is 14.8 Å². The van der Waals surface area contributed by atoms with Gasteiger partial charge in [0.25, 0.3) is 0 Å². The van der Waals surface area contributed by atoms with E-state index in [0.717, 1.165) is 5.69 Å². The topological polar surface area (TPSA) is 69.0 Å². The van der Waals surface area contributed by atoms with E-state index in [4.69, 9.17) is 16.3 Å². The molecule has 152 valence electrons. The summed E-state index contributed by atoms with van der Waals surface area (Å²) >= 11 is 7.33. The molecule has 0 saturated carbocycles. The van der Waals surface area contributed by atoms with Gasteiger partial charge in [0.15, 0.2) is 17.1 Å². The van der Waals surface area contributed by atoms with Crippen LogP contribution in [0.3, 0.4) is 0 Å². The minimum atomic E-state index is -0.460. The van der Waals surface area contributed by atoms with E-state index in [2.05, 4.69) is 15.5 Å². The second-order valence-electron chi connectivity index (χ2n) is 6.12. The van der Waals surface area contributed by atoms with E-state index in [1.807, 2.05) is 48.7 Å². The lowest BCUT2D eigenvalue weighted by molar-refractivity contribution is -0.113. The SMILES string of the molecule is CCn1c(SCC(=O)Nc2ccccc2)nnc1C(C)Oc1ccc(F)cc1Cl. The second kappa shape index (κ2) is 9.76. The first-order valence-electron chi connectivity index (χ1n) is 9.00. The third-order valence-electron chi connectivity index (χ3n) is 4.01. The standard InChI is InChI=1S/C20H20ClFN4O2S/c1-3-26-19(13(2)28-17-10-9-14(22)11-16(17)21)24-25-20(26)29-12-18(27)23-15-7-5-4-6-8-15/h4-11,13H,3,12H2,1-2H3,(H,23,27). The molecule has 0 aliphatic heterocycles. The predicted molar refractivity (Wildman–Crippen MR) is 112 cm³/mol. The molecule has 3 aromatic rings. The summed E-state index contributed by atoms with van der Waals surface area (Å²) in [5.74, 6) is 0.600. The van der Waals surface area contributed by atoms with Crippen molar-refractivity contribution in [3.8, 4) is 5.75 Å². The molecule has 1 heterocycles. The quantitative estimate of drug-likeness (QED) is 0.507. The number of para-hydroxylation sites is 1. The fourth-order valence-electron chi connectivity index (χ4n) is 2.67. The van der Waals surface area contributed by atoms with Crippen molar-refractivity contribution >= 4 is 35.0 Å². The molecule has 1 atom stereocenters. The highest BCUT2D eigenvalue weighted by molar-refractivity contribution is 7.99. The van der Waals surface area contributed by atoms with Gasteiger partial charge in [0, 0.05) is 12.2 Å². The Morgan fingerprint density at radius 3 is 2.72 bits per heavy atom. The van der Waals surface area contributed by atoms with Crippen molar-refractivity contribution in [2.45, 2.75) is 31.7 Å². The van der Waals surface area contributed by atoms with Gasteiger partial charge in [-0.2, -0.15) is 0 Å². The Hall–Kier alpha value is -2.58. The number of nitrogens with zero attached hydrogens (tertiary/aromatic N) is 3. The first kappa shape index (κ1) is 21.1. The van der Waals surface area contributed by atoms with Gasteiger partial charge in [0.2, 0.25) is 5.91 Å². The summed E-state index contributed by atoms with van der Waals surface area (Å²) in [6.07, 6.45) is -0.460. The molecular formula is C20H20ClFN4O2S. The number of benzene rings is 2. The molecule has 6 nitrogen and oxygen atoms in total. The fourth-order valence-corrected chi connectivity index (χ4v) is 3.69. The summed E-state index contributed by atoms with van der Waals surface area (Å²) in [4.78, 5) is 12.2. The van der Waals surface area contributed by atoms with Crippen LogP contribution in [0.15, 0.2) is 53.7 Å². The molecule has 1 unspecified atom stereocenters. The zero-order valence-corrected chi connectivity index (χ0v) is 17.5. The highest BCUT2D eigenvalue weighted by Crippen LogP contribution is 2.30. The number of nitrogens with one attached hydrogen (secondary N) is 1. The summed E-state index contributed by atoms with van der Waals surface area (Å²) in [7, 11) is 0. The number of amides is 1. The smallest absolute Gasteiger partial charge is 0.234 e. The number of carbonyl (C=O) groups excluding carboxylic acids is 1. The van der Waals surface area contributed by atoms with E-state index >= 15 is 0 Å². The van der Waals surface area contributed by atoms with Crippen LogP contribution in [0.1, 0.15) is 25.8 Å². The third kappa shape index (κ3) is 5.48. The van der Waals surface area contributed by atoms with Crippen LogP contribution in [-0.4, -0.2) is 26.4 Å². The van der Waals surface area contributed by atoms with E-state index < -0.39 is 11.9 Å². The van der Waals surface area contributed by atoms with Crippen LogP contribution in [0.5, 0.6) is 5.75 Å². The number of halogens is 2. The Morgan fingerprint density at radius 2 is 2.03 bits per heavy atom. The van der Waals surface area contributed by atoms with E-state index in [1.165, 1.54) is 30.0 Å². The maximum Gasteiger partial charge on any atom is 0.234 e. The Kier molecular flexibility index (Phi) is 7.11. The number of anilines is 1. The van der Waals surface area contributed by atoms with Gasteiger partial charge in [-0.05, 0) is 44.2 Å². The van der Waals surface area contributed by atoms with Crippen LogP contribution in [0.2, 0.25) is 5.02 Å². The summed E-state index contributed by atoms with van der Waals surface area (Å²) < 4.78 is 20.9. The zero-order valence-electron chi connectivity index (χ0n) is 15.9. The molecule has 1 aromatic heterocycles. The molecule has 0 aliphatic carbocycles. The summed E-state index contributed by atoms with van der Waals surface area (Å²) in [6.45, 7) is 4.38. The van der Waals surface area contributed by atoms with Gasteiger partial charge in [-0.25, -0.2) is 4.39 Å². The number of carbonyl (C=O) groups is 1. The molecule has 3 rings (SSSR count). The van der Waals surface area contributed by atoms with Crippen molar-refractivity contribution < 1.29 is 13.9 Å². The van der Waals surface area contributed by atoms with Crippen LogP contribution < -0.4 is 10.1 Å². The van der Waals surface area contributed by atoms with Crippen LogP contribution in [0, 0.1) is 5.82 Å². The summed E-state index contributed by atoms with van der Waals surface area (Å²) in [5, 5.41) is 12.0. The minimum Gasteiger partial charge on any atom is -0.481 e. The molecule has 0 aliphatic rings. The van der Waals surface area contributed by atoms with Crippen molar-refractivity contribution in [2.24, 2.45) is 0 Å². The predicted octanol–water partition coefficient (Wildman–Crippen LogP) is 4.96. The number of thioether (sulfide) groups is 1. The van der Waals surface area contributed by atoms with Gasteiger partial charge in [0.1, 0.15) is 11.6 Å². The highest BCUT2D eigenvalue weighted by atomic mass is 35.5. The Labute approximate surface area is 177 Å². The van der Waals surface area contributed by atoms with Gasteiger partial charge < -0.3 is 14.6 Å². The maximum absolute atomic E-state index is 13.2. The van der Waals surface area contributed by atoms with Crippen molar-refractivity contribution in [1.29, 1.82) is 0 Å². The molecule has 29 heavy (non-hydrogen) atoms. The normalized spacial score (nSPS) is 11.9. The molecule has 9 heteroatoms. The van der Waals surface area contributed by atoms with Crippen molar-refractivity contribution in [3.63, 3.8) is 0 Å². The van der Waals surface area contributed by atoms with Gasteiger partial charge in [-0.1, -0.05) is 41.6 Å². The molecule has 1 N–H and O–H groups in total.